The zero-order valence-electron chi connectivity index (χ0n) is 37.8. The number of hydrogen-bond donors (Lipinski definition) is 0. The maximum absolute atomic E-state index is 5.32. The van der Waals surface area contributed by atoms with Gasteiger partial charge in [-0.1, -0.05) is 200 Å². The van der Waals surface area contributed by atoms with Gasteiger partial charge < -0.3 is 9.13 Å². The molecule has 324 valence electrons. The largest absolute Gasteiger partial charge is 0.309 e. The molecule has 0 unspecified atom stereocenters. The van der Waals surface area contributed by atoms with Crippen molar-refractivity contribution in [3.8, 4) is 45.5 Å². The highest BCUT2D eigenvalue weighted by molar-refractivity contribution is 6.26. The number of para-hydroxylation sites is 2. The van der Waals surface area contributed by atoms with Crippen molar-refractivity contribution >= 4 is 97.5 Å². The Morgan fingerprint density at radius 1 is 0.257 bits per heavy atom. The predicted octanol–water partition coefficient (Wildman–Crippen LogP) is 16.8. The van der Waals surface area contributed by atoms with E-state index in [1.165, 1.54) is 76.0 Å². The Morgan fingerprint density at radius 2 is 0.800 bits per heavy atom. The van der Waals surface area contributed by atoms with Crippen molar-refractivity contribution in [3.05, 3.63) is 237 Å². The lowest BCUT2D eigenvalue weighted by atomic mass is 10.00. The summed E-state index contributed by atoms with van der Waals surface area (Å²) in [6.07, 6.45) is 0. The van der Waals surface area contributed by atoms with E-state index in [2.05, 4.69) is 228 Å². The maximum atomic E-state index is 5.32. The third-order valence-corrected chi connectivity index (χ3v) is 14.5. The fraction of sp³-hybridized carbons (Fsp3) is 0. The number of aromatic nitrogens is 5. The molecule has 0 fully saturated rings. The van der Waals surface area contributed by atoms with E-state index in [1.54, 1.807) is 0 Å². The van der Waals surface area contributed by atoms with Gasteiger partial charge in [-0.25, -0.2) is 15.0 Å². The maximum Gasteiger partial charge on any atom is 0.164 e. The lowest BCUT2D eigenvalue weighted by Gasteiger charge is -2.17. The molecular formula is C65H39N5. The third kappa shape index (κ3) is 5.69. The van der Waals surface area contributed by atoms with Gasteiger partial charge >= 0.3 is 0 Å². The van der Waals surface area contributed by atoms with Crippen LogP contribution in [0.2, 0.25) is 0 Å². The second-order valence-electron chi connectivity index (χ2n) is 18.3. The normalized spacial score (nSPS) is 12.0. The van der Waals surface area contributed by atoms with E-state index in [1.807, 2.05) is 18.2 Å². The molecule has 0 atom stereocenters. The van der Waals surface area contributed by atoms with Crippen LogP contribution in [-0.2, 0) is 0 Å². The summed E-state index contributed by atoms with van der Waals surface area (Å²) in [5.74, 6) is 1.89. The molecule has 70 heavy (non-hydrogen) atoms. The Bertz CT molecular complexity index is 4660. The number of nitrogens with zero attached hydrogens (tertiary/aromatic N) is 5. The van der Waals surface area contributed by atoms with Gasteiger partial charge in [0.05, 0.1) is 33.4 Å². The Hall–Kier alpha value is -9.45. The first kappa shape index (κ1) is 38.6. The summed E-state index contributed by atoms with van der Waals surface area (Å²) < 4.78 is 5.00. The number of benzene rings is 12. The van der Waals surface area contributed by atoms with Gasteiger partial charge in [0.25, 0.3) is 0 Å². The third-order valence-electron chi connectivity index (χ3n) is 14.5. The van der Waals surface area contributed by atoms with Crippen molar-refractivity contribution in [2.45, 2.75) is 0 Å². The molecule has 5 heteroatoms. The summed E-state index contributed by atoms with van der Waals surface area (Å²) >= 11 is 0. The van der Waals surface area contributed by atoms with Gasteiger partial charge in [-0.3, -0.25) is 0 Å². The molecule has 3 aromatic heterocycles. The lowest BCUT2D eigenvalue weighted by molar-refractivity contribution is 1.08. The van der Waals surface area contributed by atoms with Crippen LogP contribution >= 0.6 is 0 Å². The molecule has 0 N–H and O–H groups in total. The summed E-state index contributed by atoms with van der Waals surface area (Å²) in [4.78, 5) is 15.7. The first-order chi connectivity index (χ1) is 34.7. The molecule has 0 spiro atoms. The summed E-state index contributed by atoms with van der Waals surface area (Å²) in [6, 6.07) is 85.3. The summed E-state index contributed by atoms with van der Waals surface area (Å²) in [7, 11) is 0. The van der Waals surface area contributed by atoms with Crippen molar-refractivity contribution in [1.29, 1.82) is 0 Å². The van der Waals surface area contributed by atoms with E-state index in [0.717, 1.165) is 49.6 Å². The van der Waals surface area contributed by atoms with Gasteiger partial charge in [0, 0.05) is 49.0 Å². The zero-order chi connectivity index (χ0) is 45.9. The predicted molar refractivity (Wildman–Crippen MR) is 292 cm³/mol. The van der Waals surface area contributed by atoms with Crippen molar-refractivity contribution in [2.75, 3.05) is 0 Å². The standard InChI is InChI=1S/C65H39N5/c1-2-18-42(19-3-1)63-66-64(45-34-36-47-44(38-45)33-32-40-16-4-7-21-46(40)47)68-65(67-63)52-28-14-27-51-50(52)26-15-31-55(51)69-56-29-12-11-25-54(56)61-59(69)39-43-20-6-9-23-49(43)62(61)70-57-30-13-10-24-53(57)60-48-22-8-5-17-41(48)35-37-58(60)70/h1-39H. The van der Waals surface area contributed by atoms with Crippen LogP contribution < -0.4 is 0 Å². The molecule has 0 saturated carbocycles. The fourth-order valence-electron chi connectivity index (χ4n) is 11.4. The highest BCUT2D eigenvalue weighted by Crippen LogP contribution is 2.46. The molecular weight excluding hydrogens is 851 g/mol. The molecule has 3 heterocycles. The molecule has 0 aliphatic heterocycles. The SMILES string of the molecule is c1ccc(-c2nc(-c3ccc4c(ccc5ccccc54)c3)nc(-c3cccc4c(-n5c6ccccc6c6c(-n7c8ccccc8c8c9ccccc9ccc87)c7ccccc7cc65)cccc34)n2)cc1. The van der Waals surface area contributed by atoms with E-state index >= 15 is 0 Å². The first-order valence-corrected chi connectivity index (χ1v) is 23.9. The molecule has 0 amide bonds. The molecule has 12 aromatic carbocycles. The van der Waals surface area contributed by atoms with Gasteiger partial charge in [0.15, 0.2) is 17.5 Å². The Morgan fingerprint density at radius 3 is 1.61 bits per heavy atom. The number of fused-ring (bicyclic) bond motifs is 13. The van der Waals surface area contributed by atoms with Gasteiger partial charge in [-0.2, -0.15) is 0 Å². The lowest BCUT2D eigenvalue weighted by Crippen LogP contribution is -2.01. The molecule has 0 radical (unpaired) electrons. The van der Waals surface area contributed by atoms with Gasteiger partial charge in [0.2, 0.25) is 0 Å². The van der Waals surface area contributed by atoms with Crippen molar-refractivity contribution in [1.82, 2.24) is 24.1 Å². The van der Waals surface area contributed by atoms with Crippen LogP contribution in [0.5, 0.6) is 0 Å². The smallest absolute Gasteiger partial charge is 0.164 e. The second kappa shape index (κ2) is 15.0. The van der Waals surface area contributed by atoms with Crippen LogP contribution in [0.15, 0.2) is 237 Å². The quantitative estimate of drug-likeness (QED) is 0.162. The monoisotopic (exact) mass is 889 g/mol. The highest BCUT2D eigenvalue weighted by Gasteiger charge is 2.24. The fourth-order valence-corrected chi connectivity index (χ4v) is 11.4. The molecule has 5 nitrogen and oxygen atoms in total. The van der Waals surface area contributed by atoms with Crippen molar-refractivity contribution in [2.24, 2.45) is 0 Å². The average Bonchev–Trinajstić information content (AvgIpc) is 3.95. The number of rotatable bonds is 5. The van der Waals surface area contributed by atoms with Gasteiger partial charge in [-0.05, 0) is 79.5 Å². The van der Waals surface area contributed by atoms with E-state index in [9.17, 15) is 0 Å². The van der Waals surface area contributed by atoms with Crippen LogP contribution in [0.4, 0.5) is 0 Å². The van der Waals surface area contributed by atoms with E-state index < -0.39 is 0 Å². The Balaban J connectivity index is 0.984. The summed E-state index contributed by atoms with van der Waals surface area (Å²) in [5, 5.41) is 16.7. The second-order valence-corrected chi connectivity index (χ2v) is 18.3. The Labute approximate surface area is 401 Å². The van der Waals surface area contributed by atoms with Crippen LogP contribution in [0, 0.1) is 0 Å². The van der Waals surface area contributed by atoms with E-state index in [4.69, 9.17) is 15.0 Å². The highest BCUT2D eigenvalue weighted by atomic mass is 15.0. The Kier molecular flexibility index (Phi) is 8.29. The minimum absolute atomic E-state index is 0.625. The molecule has 15 aromatic rings. The molecule has 0 saturated heterocycles. The van der Waals surface area contributed by atoms with Crippen molar-refractivity contribution in [3.63, 3.8) is 0 Å². The minimum atomic E-state index is 0.625. The molecule has 0 bridgehead atoms. The summed E-state index contributed by atoms with van der Waals surface area (Å²) in [6.45, 7) is 0. The zero-order valence-corrected chi connectivity index (χ0v) is 37.8. The van der Waals surface area contributed by atoms with E-state index in [0.29, 0.717) is 17.5 Å². The minimum Gasteiger partial charge on any atom is -0.309 e. The molecule has 15 rings (SSSR count). The topological polar surface area (TPSA) is 48.5 Å². The summed E-state index contributed by atoms with van der Waals surface area (Å²) in [5.41, 5.74) is 9.72. The first-order valence-electron chi connectivity index (χ1n) is 23.9. The molecule has 0 aliphatic rings. The van der Waals surface area contributed by atoms with Crippen molar-refractivity contribution < 1.29 is 0 Å². The van der Waals surface area contributed by atoms with Crippen LogP contribution in [0.3, 0.4) is 0 Å². The van der Waals surface area contributed by atoms with Gasteiger partial charge in [-0.15, -0.1) is 0 Å². The van der Waals surface area contributed by atoms with Crippen LogP contribution in [0.25, 0.3) is 143 Å². The van der Waals surface area contributed by atoms with Gasteiger partial charge in [0.1, 0.15) is 0 Å². The van der Waals surface area contributed by atoms with E-state index in [-0.39, 0.29) is 0 Å². The number of hydrogen-bond acceptors (Lipinski definition) is 3. The molecule has 0 aliphatic carbocycles. The van der Waals surface area contributed by atoms with Crippen LogP contribution in [-0.4, -0.2) is 24.1 Å². The van der Waals surface area contributed by atoms with Crippen LogP contribution in [0.1, 0.15) is 0 Å². The average molecular weight is 890 g/mol.